The van der Waals surface area contributed by atoms with E-state index in [1.165, 1.54) is 0 Å². The number of hydrogen-bond acceptors (Lipinski definition) is 5. The summed E-state index contributed by atoms with van der Waals surface area (Å²) in [6, 6.07) is -0.841. The Morgan fingerprint density at radius 3 is 2.22 bits per heavy atom. The van der Waals surface area contributed by atoms with Gasteiger partial charge in [-0.3, -0.25) is 4.79 Å². The van der Waals surface area contributed by atoms with Crippen LogP contribution >= 0.6 is 0 Å². The molecule has 10 heteroatoms. The summed E-state index contributed by atoms with van der Waals surface area (Å²) < 4.78 is 5.25. The molecule has 1 amide bonds. The average Bonchev–Trinajstić information content (AvgIpc) is 3.16. The number of carboxylic acid groups (broad SMARTS) is 2. The highest BCUT2D eigenvalue weighted by Crippen LogP contribution is 2.76. The van der Waals surface area contributed by atoms with Crippen molar-refractivity contribution in [1.29, 1.82) is 0 Å². The molecule has 6 atom stereocenters. The number of azide groups is 1. The molecule has 0 bridgehead atoms. The zero-order valence-corrected chi connectivity index (χ0v) is 16.1. The summed E-state index contributed by atoms with van der Waals surface area (Å²) in [5, 5.41) is 26.1. The Balaban J connectivity index is 2.63. The zero-order chi connectivity index (χ0) is 20.8. The van der Waals surface area contributed by atoms with E-state index in [0.717, 1.165) is 0 Å². The summed E-state index contributed by atoms with van der Waals surface area (Å²) in [5.74, 6) is -4.93. The first-order valence-corrected chi connectivity index (χ1v) is 8.96. The molecule has 0 aromatic rings. The Hall–Kier alpha value is -2.48. The number of hydrogen-bond donors (Lipinski definition) is 3. The lowest BCUT2D eigenvalue weighted by Gasteiger charge is -2.42. The summed E-state index contributed by atoms with van der Waals surface area (Å²) in [6.07, 6.45) is -0.450. The molecule has 2 aliphatic rings. The highest BCUT2D eigenvalue weighted by Gasteiger charge is 2.87. The molecule has 0 aromatic carbocycles. The van der Waals surface area contributed by atoms with Crippen LogP contribution in [-0.4, -0.2) is 45.4 Å². The van der Waals surface area contributed by atoms with Crippen molar-refractivity contribution in [3.63, 3.8) is 0 Å². The van der Waals surface area contributed by atoms with Crippen molar-refractivity contribution in [1.82, 2.24) is 5.32 Å². The van der Waals surface area contributed by atoms with Gasteiger partial charge in [0, 0.05) is 22.3 Å². The van der Waals surface area contributed by atoms with E-state index >= 15 is 0 Å². The van der Waals surface area contributed by atoms with Crippen LogP contribution in [0.2, 0.25) is 0 Å². The van der Waals surface area contributed by atoms with E-state index in [4.69, 9.17) is 10.3 Å². The molecule has 0 heterocycles. The third-order valence-electron chi connectivity index (χ3n) is 5.98. The smallest absolute Gasteiger partial charge is 0.408 e. The van der Waals surface area contributed by atoms with Gasteiger partial charge in [0.25, 0.3) is 0 Å². The minimum atomic E-state index is -1.90. The molecule has 2 saturated carbocycles. The summed E-state index contributed by atoms with van der Waals surface area (Å²) in [7, 11) is 0. The fourth-order valence-corrected chi connectivity index (χ4v) is 5.28. The molecular formula is C17H26N4O6. The van der Waals surface area contributed by atoms with Crippen molar-refractivity contribution >= 4 is 18.0 Å². The highest BCUT2D eigenvalue weighted by atomic mass is 16.6. The summed E-state index contributed by atoms with van der Waals surface area (Å²) in [4.78, 5) is 39.7. The van der Waals surface area contributed by atoms with Gasteiger partial charge in [0.1, 0.15) is 5.60 Å². The van der Waals surface area contributed by atoms with Crippen LogP contribution in [0.25, 0.3) is 10.4 Å². The minimum absolute atomic E-state index is 0.199. The number of amides is 1. The number of rotatable bonds is 6. The van der Waals surface area contributed by atoms with E-state index in [1.54, 1.807) is 34.6 Å². The highest BCUT2D eigenvalue weighted by molar-refractivity contribution is 5.91. The predicted octanol–water partition coefficient (Wildman–Crippen LogP) is 2.78. The summed E-state index contributed by atoms with van der Waals surface area (Å²) in [6.45, 7) is 8.34. The lowest BCUT2D eigenvalue weighted by molar-refractivity contribution is -0.153. The third-order valence-corrected chi connectivity index (χ3v) is 5.98. The Morgan fingerprint density at radius 2 is 1.85 bits per heavy atom. The van der Waals surface area contributed by atoms with Crippen LogP contribution in [0.1, 0.15) is 47.5 Å². The lowest BCUT2D eigenvalue weighted by Crippen LogP contribution is -2.65. The summed E-state index contributed by atoms with van der Waals surface area (Å²) in [5.41, 5.74) is 4.95. The predicted molar refractivity (Wildman–Crippen MR) is 93.8 cm³/mol. The van der Waals surface area contributed by atoms with Gasteiger partial charge in [-0.1, -0.05) is 25.4 Å². The van der Waals surface area contributed by atoms with E-state index in [0.29, 0.717) is 0 Å². The summed E-state index contributed by atoms with van der Waals surface area (Å²) >= 11 is 0. The molecule has 0 radical (unpaired) electrons. The minimum Gasteiger partial charge on any atom is -0.481 e. The van der Waals surface area contributed by atoms with Gasteiger partial charge in [0.2, 0.25) is 0 Å². The second-order valence-corrected chi connectivity index (χ2v) is 8.19. The SMILES string of the molecule is CCC1C(N=[N+]=[N-])C2C(C(=O)O)C2(CC)C1(NC(=O)OC(C)(C)C)C(=O)O. The van der Waals surface area contributed by atoms with Crippen LogP contribution in [0.3, 0.4) is 0 Å². The maximum absolute atomic E-state index is 12.5. The topological polar surface area (TPSA) is 162 Å². The standard InChI is InChI=1S/C17H26N4O6/c1-6-8-11(20-21-18)9-10(12(22)23)16(9,7-2)17(8,13(24)25)19-14(26)27-15(3,4)5/h8-11H,6-7H2,1-5H3,(H,19,26)(H,22,23)(H,24,25). The Labute approximate surface area is 156 Å². The number of aliphatic carboxylic acids is 2. The maximum atomic E-state index is 12.5. The Morgan fingerprint density at radius 1 is 1.26 bits per heavy atom. The fraction of sp³-hybridized carbons (Fsp3) is 0.824. The van der Waals surface area contributed by atoms with E-state index in [-0.39, 0.29) is 12.8 Å². The number of carbonyl (C=O) groups excluding carboxylic acids is 1. The van der Waals surface area contributed by atoms with Crippen LogP contribution in [0.15, 0.2) is 5.11 Å². The molecule has 0 saturated heterocycles. The molecule has 0 aromatic heterocycles. The van der Waals surface area contributed by atoms with Gasteiger partial charge in [-0.15, -0.1) is 0 Å². The van der Waals surface area contributed by atoms with E-state index in [2.05, 4.69) is 15.3 Å². The average molecular weight is 382 g/mol. The molecule has 2 rings (SSSR count). The number of ether oxygens (including phenoxy) is 1. The zero-order valence-electron chi connectivity index (χ0n) is 16.1. The van der Waals surface area contributed by atoms with Crippen molar-refractivity contribution in [2.24, 2.45) is 28.3 Å². The van der Waals surface area contributed by atoms with Crippen LogP contribution in [0, 0.1) is 23.2 Å². The number of nitrogens with one attached hydrogen (secondary N) is 1. The van der Waals surface area contributed by atoms with Crippen molar-refractivity contribution in [2.75, 3.05) is 0 Å². The van der Waals surface area contributed by atoms with Crippen molar-refractivity contribution < 1.29 is 29.3 Å². The van der Waals surface area contributed by atoms with Crippen molar-refractivity contribution in [3.8, 4) is 0 Å². The number of fused-ring (bicyclic) bond motifs is 1. The second-order valence-electron chi connectivity index (χ2n) is 8.19. The number of alkyl carbamates (subject to hydrolysis) is 1. The normalized spacial score (nSPS) is 36.9. The third kappa shape index (κ3) is 2.79. The molecular weight excluding hydrogens is 356 g/mol. The van der Waals surface area contributed by atoms with Crippen LogP contribution < -0.4 is 5.32 Å². The first-order chi connectivity index (χ1) is 12.4. The number of nitrogens with zero attached hydrogens (tertiary/aromatic N) is 3. The van der Waals surface area contributed by atoms with Crippen LogP contribution in [0.4, 0.5) is 4.79 Å². The van der Waals surface area contributed by atoms with E-state index < -0.39 is 58.4 Å². The molecule has 0 aliphatic heterocycles. The molecule has 2 aliphatic carbocycles. The first-order valence-electron chi connectivity index (χ1n) is 8.96. The largest absolute Gasteiger partial charge is 0.481 e. The first kappa shape index (κ1) is 20.8. The van der Waals surface area contributed by atoms with Gasteiger partial charge >= 0.3 is 18.0 Å². The van der Waals surface area contributed by atoms with E-state index in [9.17, 15) is 24.6 Å². The van der Waals surface area contributed by atoms with Crippen molar-refractivity contribution in [2.45, 2.75) is 64.6 Å². The fourth-order valence-electron chi connectivity index (χ4n) is 5.28. The maximum Gasteiger partial charge on any atom is 0.408 e. The molecule has 27 heavy (non-hydrogen) atoms. The molecule has 150 valence electrons. The van der Waals surface area contributed by atoms with E-state index in [1.807, 2.05) is 0 Å². The van der Waals surface area contributed by atoms with Gasteiger partial charge < -0.3 is 20.3 Å². The second kappa shape index (κ2) is 6.60. The van der Waals surface area contributed by atoms with Gasteiger partial charge in [0.15, 0.2) is 5.54 Å². The van der Waals surface area contributed by atoms with Gasteiger partial charge in [-0.2, -0.15) is 0 Å². The molecule has 6 unspecified atom stereocenters. The van der Waals surface area contributed by atoms with Crippen LogP contribution in [0.5, 0.6) is 0 Å². The number of carboxylic acids is 2. The van der Waals surface area contributed by atoms with Crippen molar-refractivity contribution in [3.05, 3.63) is 10.4 Å². The molecule has 10 nitrogen and oxygen atoms in total. The Kier molecular flexibility index (Phi) is 5.09. The van der Waals surface area contributed by atoms with Gasteiger partial charge in [-0.05, 0) is 38.6 Å². The molecule has 3 N–H and O–H groups in total. The van der Waals surface area contributed by atoms with Gasteiger partial charge in [0.05, 0.1) is 5.92 Å². The lowest BCUT2D eigenvalue weighted by atomic mass is 9.70. The number of carbonyl (C=O) groups is 3. The molecule has 0 spiro atoms. The molecule has 2 fully saturated rings. The van der Waals surface area contributed by atoms with Gasteiger partial charge in [-0.25, -0.2) is 9.59 Å². The quantitative estimate of drug-likeness (QED) is 0.363. The van der Waals surface area contributed by atoms with Crippen LogP contribution in [-0.2, 0) is 14.3 Å². The Bertz CT molecular complexity index is 713. The monoisotopic (exact) mass is 382 g/mol.